The summed E-state index contributed by atoms with van der Waals surface area (Å²) in [5.74, 6) is 0.497. The molecule has 2 nitrogen and oxygen atoms in total. The first-order valence-corrected chi connectivity index (χ1v) is 9.23. The first-order valence-electron chi connectivity index (χ1n) is 9.23. The van der Waals surface area contributed by atoms with Crippen molar-refractivity contribution in [1.82, 2.24) is 5.32 Å². The SMILES string of the molecule is O=C(N[C@H]1CCCC[C@H]1C(F)(F)F)C12CC3CC(CC(C3)C1)C2. The minimum Gasteiger partial charge on any atom is -0.352 e. The fraction of sp³-hybridized carbons (Fsp3) is 0.944. The van der Waals surface area contributed by atoms with Crippen molar-refractivity contribution in [3.63, 3.8) is 0 Å². The topological polar surface area (TPSA) is 29.1 Å². The van der Waals surface area contributed by atoms with E-state index in [0.717, 1.165) is 25.7 Å². The van der Waals surface area contributed by atoms with E-state index < -0.39 is 18.1 Å². The van der Waals surface area contributed by atoms with Crippen molar-refractivity contribution < 1.29 is 18.0 Å². The molecule has 23 heavy (non-hydrogen) atoms. The second kappa shape index (κ2) is 5.38. The van der Waals surface area contributed by atoms with E-state index in [4.69, 9.17) is 0 Å². The summed E-state index contributed by atoms with van der Waals surface area (Å²) in [4.78, 5) is 13.0. The van der Waals surface area contributed by atoms with Gasteiger partial charge in [0.25, 0.3) is 0 Å². The van der Waals surface area contributed by atoms with Crippen LogP contribution >= 0.6 is 0 Å². The molecule has 1 amide bonds. The highest BCUT2D eigenvalue weighted by Crippen LogP contribution is 2.60. The molecule has 0 aromatic heterocycles. The van der Waals surface area contributed by atoms with Gasteiger partial charge in [-0.05, 0) is 69.1 Å². The van der Waals surface area contributed by atoms with Gasteiger partial charge in [-0.2, -0.15) is 13.2 Å². The summed E-state index contributed by atoms with van der Waals surface area (Å²) < 4.78 is 39.8. The van der Waals surface area contributed by atoms with Crippen molar-refractivity contribution >= 4 is 5.91 Å². The highest BCUT2D eigenvalue weighted by atomic mass is 19.4. The number of hydrogen-bond acceptors (Lipinski definition) is 1. The number of carbonyl (C=O) groups is 1. The standard InChI is InChI=1S/C18H26F3NO/c19-18(20,21)14-3-1-2-4-15(14)22-16(23)17-8-11-5-12(9-17)7-13(6-11)10-17/h11-15H,1-10H2,(H,22,23)/t11?,12?,13?,14-,15+,17?/m1/s1. The summed E-state index contributed by atoms with van der Waals surface area (Å²) in [6, 6.07) is -0.704. The van der Waals surface area contributed by atoms with Gasteiger partial charge in [0.2, 0.25) is 5.91 Å². The molecule has 0 aliphatic heterocycles. The smallest absolute Gasteiger partial charge is 0.352 e. The Morgan fingerprint density at radius 1 is 0.913 bits per heavy atom. The fourth-order valence-corrected chi connectivity index (χ4v) is 6.41. The van der Waals surface area contributed by atoms with E-state index in [1.807, 2.05) is 0 Å². The van der Waals surface area contributed by atoms with E-state index in [2.05, 4.69) is 5.32 Å². The zero-order chi connectivity index (χ0) is 16.2. The van der Waals surface area contributed by atoms with Crippen LogP contribution in [0.15, 0.2) is 0 Å². The molecule has 130 valence electrons. The Hall–Kier alpha value is -0.740. The molecule has 2 atom stereocenters. The lowest BCUT2D eigenvalue weighted by molar-refractivity contribution is -0.190. The van der Waals surface area contributed by atoms with E-state index in [1.54, 1.807) is 0 Å². The van der Waals surface area contributed by atoms with Gasteiger partial charge in [-0.1, -0.05) is 12.8 Å². The van der Waals surface area contributed by atoms with Gasteiger partial charge in [0.1, 0.15) is 0 Å². The lowest BCUT2D eigenvalue weighted by Gasteiger charge is -2.56. The van der Waals surface area contributed by atoms with Crippen LogP contribution in [0.3, 0.4) is 0 Å². The van der Waals surface area contributed by atoms with Gasteiger partial charge in [0.15, 0.2) is 0 Å². The molecule has 0 unspecified atom stereocenters. The van der Waals surface area contributed by atoms with Gasteiger partial charge >= 0.3 is 6.18 Å². The van der Waals surface area contributed by atoms with Crippen LogP contribution in [0.2, 0.25) is 0 Å². The molecule has 5 fully saturated rings. The van der Waals surface area contributed by atoms with E-state index in [0.29, 0.717) is 30.6 Å². The minimum absolute atomic E-state index is 0.0576. The van der Waals surface area contributed by atoms with Crippen LogP contribution in [-0.2, 0) is 4.79 Å². The molecule has 5 rings (SSSR count). The van der Waals surface area contributed by atoms with Gasteiger partial charge in [-0.3, -0.25) is 4.79 Å². The maximum atomic E-state index is 13.3. The Bertz CT molecular complexity index is 452. The number of hydrogen-bond donors (Lipinski definition) is 1. The molecular formula is C18H26F3NO. The van der Waals surface area contributed by atoms with Crippen LogP contribution in [0.4, 0.5) is 13.2 Å². The van der Waals surface area contributed by atoms with Crippen molar-refractivity contribution in [2.45, 2.75) is 76.4 Å². The number of alkyl halides is 3. The van der Waals surface area contributed by atoms with E-state index >= 15 is 0 Å². The first kappa shape index (κ1) is 15.8. The lowest BCUT2D eigenvalue weighted by Crippen LogP contribution is -2.57. The summed E-state index contributed by atoms with van der Waals surface area (Å²) >= 11 is 0. The second-order valence-electron chi connectivity index (χ2n) is 8.71. The summed E-state index contributed by atoms with van der Waals surface area (Å²) in [5, 5.41) is 2.87. The third kappa shape index (κ3) is 2.78. The molecule has 5 saturated carbocycles. The zero-order valence-corrected chi connectivity index (χ0v) is 13.5. The molecule has 0 aromatic rings. The highest BCUT2D eigenvalue weighted by Gasteiger charge is 2.55. The number of halogens is 3. The van der Waals surface area contributed by atoms with Crippen molar-refractivity contribution in [1.29, 1.82) is 0 Å². The third-order valence-electron chi connectivity index (χ3n) is 7.02. The quantitative estimate of drug-likeness (QED) is 0.797. The number of amides is 1. The molecular weight excluding hydrogens is 303 g/mol. The predicted molar refractivity (Wildman–Crippen MR) is 80.5 cm³/mol. The van der Waals surface area contributed by atoms with E-state index in [1.165, 1.54) is 19.3 Å². The molecule has 5 aliphatic carbocycles. The van der Waals surface area contributed by atoms with Crippen LogP contribution in [0.5, 0.6) is 0 Å². The fourth-order valence-electron chi connectivity index (χ4n) is 6.41. The Morgan fingerprint density at radius 2 is 1.43 bits per heavy atom. The number of carbonyl (C=O) groups excluding carboxylic acids is 1. The molecule has 0 radical (unpaired) electrons. The molecule has 0 heterocycles. The Kier molecular flexibility index (Phi) is 3.69. The third-order valence-corrected chi connectivity index (χ3v) is 7.02. The molecule has 0 saturated heterocycles. The lowest BCUT2D eigenvalue weighted by atomic mass is 9.49. The molecule has 0 spiro atoms. The van der Waals surface area contributed by atoms with Gasteiger partial charge in [0.05, 0.1) is 5.92 Å². The maximum Gasteiger partial charge on any atom is 0.393 e. The largest absolute Gasteiger partial charge is 0.393 e. The second-order valence-corrected chi connectivity index (χ2v) is 8.71. The van der Waals surface area contributed by atoms with E-state index in [9.17, 15) is 18.0 Å². The van der Waals surface area contributed by atoms with Crippen LogP contribution in [0.25, 0.3) is 0 Å². The van der Waals surface area contributed by atoms with E-state index in [-0.39, 0.29) is 17.7 Å². The predicted octanol–water partition coefficient (Wildman–Crippen LogP) is 4.44. The van der Waals surface area contributed by atoms with Gasteiger partial charge in [-0.25, -0.2) is 0 Å². The Morgan fingerprint density at radius 3 is 1.96 bits per heavy atom. The summed E-state index contributed by atoms with van der Waals surface area (Å²) in [7, 11) is 0. The molecule has 5 aliphatic rings. The van der Waals surface area contributed by atoms with Gasteiger partial charge in [0, 0.05) is 11.5 Å². The Labute approximate surface area is 135 Å². The average Bonchev–Trinajstić information content (AvgIpc) is 2.45. The van der Waals surface area contributed by atoms with Crippen LogP contribution in [0, 0.1) is 29.1 Å². The van der Waals surface area contributed by atoms with Crippen molar-refractivity contribution in [3.05, 3.63) is 0 Å². The molecule has 0 aromatic carbocycles. The van der Waals surface area contributed by atoms with Gasteiger partial charge in [-0.15, -0.1) is 0 Å². The minimum atomic E-state index is -4.19. The zero-order valence-electron chi connectivity index (χ0n) is 13.5. The van der Waals surface area contributed by atoms with Crippen molar-refractivity contribution in [2.75, 3.05) is 0 Å². The summed E-state index contributed by atoms with van der Waals surface area (Å²) in [6.07, 6.45) is 4.30. The molecule has 5 heteroatoms. The summed E-state index contributed by atoms with van der Waals surface area (Å²) in [5.41, 5.74) is -0.345. The average molecular weight is 329 g/mol. The normalized spacial score (nSPS) is 46.0. The van der Waals surface area contributed by atoms with Crippen LogP contribution in [0.1, 0.15) is 64.2 Å². The van der Waals surface area contributed by atoms with Crippen LogP contribution in [-0.4, -0.2) is 18.1 Å². The van der Waals surface area contributed by atoms with Gasteiger partial charge < -0.3 is 5.32 Å². The highest BCUT2D eigenvalue weighted by molar-refractivity contribution is 5.83. The maximum absolute atomic E-state index is 13.3. The Balaban J connectivity index is 1.49. The molecule has 1 N–H and O–H groups in total. The van der Waals surface area contributed by atoms with Crippen molar-refractivity contribution in [2.24, 2.45) is 29.1 Å². The number of rotatable bonds is 2. The monoisotopic (exact) mass is 329 g/mol. The van der Waals surface area contributed by atoms with Crippen LogP contribution < -0.4 is 5.32 Å². The summed E-state index contributed by atoms with van der Waals surface area (Å²) in [6.45, 7) is 0. The number of nitrogens with one attached hydrogen (secondary N) is 1. The molecule has 4 bridgehead atoms. The van der Waals surface area contributed by atoms with Crippen molar-refractivity contribution in [3.8, 4) is 0 Å². The first-order chi connectivity index (χ1) is 10.9.